The molecule has 27 heteroatoms. The largest absolute Gasteiger partial charge is 0.387 e. The third-order valence-electron chi connectivity index (χ3n) is 12.6. The monoisotopic (exact) mass is 1140 g/mol. The number of nitrogens with one attached hydrogen (secondary N) is 3. The van der Waals surface area contributed by atoms with Crippen molar-refractivity contribution < 1.29 is 56.2 Å². The van der Waals surface area contributed by atoms with E-state index in [2.05, 4.69) is 57.4 Å². The normalized spacial score (nSPS) is 21.1. The molecular weight excluding hydrogens is 1080 g/mol. The number of nitrogens with two attached hydrogens (primary N) is 1. The molecule has 2 aliphatic rings. The third-order valence-corrected chi connectivity index (χ3v) is 15.4. The fourth-order valence-electron chi connectivity index (χ4n) is 8.60. The van der Waals surface area contributed by atoms with Crippen LogP contribution in [-0.2, 0) is 64.0 Å². The number of hydrogen-bond donors (Lipinski definition) is 8. The number of aliphatic hydroxyl groups excluding tert-OH is 4. The SMILES string of the molecule is COC[C@H]1O[C@@H](n2cnc3c(NCCc4ccccc4)nc(CN)nc32)[C@H](O)[C@@H]1O.COC[C@H]1O[C@@H](n2cnc3c(NCCc4ccccc4)nc(CNS(=O)(=O)c4ccccc4)nc32)[C@H](O)[C@@H]1O.O=S(=O)(Cl)c1ccccc1. The van der Waals surface area contributed by atoms with Crippen molar-refractivity contribution in [2.45, 2.75) is 84.8 Å². The zero-order valence-corrected chi connectivity index (χ0v) is 45.3. The van der Waals surface area contributed by atoms with E-state index in [1.807, 2.05) is 48.5 Å². The molecule has 0 spiro atoms. The summed E-state index contributed by atoms with van der Waals surface area (Å²) in [6.07, 6.45) is -3.34. The van der Waals surface area contributed by atoms with Gasteiger partial charge in [-0.2, -0.15) is 0 Å². The van der Waals surface area contributed by atoms with Gasteiger partial charge in [-0.25, -0.2) is 51.5 Å². The topological polar surface area (TPSA) is 335 Å². The Hall–Kier alpha value is -6.63. The van der Waals surface area contributed by atoms with E-state index in [9.17, 15) is 37.3 Å². The van der Waals surface area contributed by atoms with Crippen LogP contribution in [0, 0.1) is 0 Å². The van der Waals surface area contributed by atoms with Crippen LogP contribution in [0.1, 0.15) is 35.2 Å². The van der Waals surface area contributed by atoms with Gasteiger partial charge in [0, 0.05) is 38.0 Å². The maximum absolute atomic E-state index is 12.8. The third kappa shape index (κ3) is 14.6. The number of fused-ring (bicyclic) bond motifs is 2. The smallest absolute Gasteiger partial charge is 0.261 e. The molecule has 420 valence electrons. The number of halogens is 1. The number of hydrogen-bond acceptors (Lipinski definition) is 21. The number of rotatable bonds is 20. The average molecular weight is 1150 g/mol. The Labute approximate surface area is 460 Å². The van der Waals surface area contributed by atoms with Gasteiger partial charge in [0.15, 0.2) is 46.4 Å². The molecule has 24 nitrogen and oxygen atoms in total. The van der Waals surface area contributed by atoms with Gasteiger partial charge < -0.3 is 55.7 Å². The highest BCUT2D eigenvalue weighted by Crippen LogP contribution is 2.34. The van der Waals surface area contributed by atoms with Crippen molar-refractivity contribution in [1.82, 2.24) is 43.8 Å². The van der Waals surface area contributed by atoms with Gasteiger partial charge in [0.25, 0.3) is 9.05 Å². The molecule has 2 fully saturated rings. The lowest BCUT2D eigenvalue weighted by Crippen LogP contribution is -2.33. The summed E-state index contributed by atoms with van der Waals surface area (Å²) in [5.41, 5.74) is 9.88. The van der Waals surface area contributed by atoms with Crippen LogP contribution >= 0.6 is 10.7 Å². The first kappa shape index (κ1) is 58.5. The number of anilines is 2. The zero-order chi connectivity index (χ0) is 56.1. The fraction of sp³-hybridized carbons (Fsp3) is 0.346. The number of nitrogens with zero attached hydrogens (tertiary/aromatic N) is 8. The quantitative estimate of drug-likeness (QED) is 0.0508. The van der Waals surface area contributed by atoms with Crippen LogP contribution in [-0.4, -0.2) is 153 Å². The van der Waals surface area contributed by atoms with Crippen LogP contribution in [0.4, 0.5) is 11.6 Å². The van der Waals surface area contributed by atoms with Crippen molar-refractivity contribution in [2.75, 3.05) is 51.2 Å². The molecule has 0 radical (unpaired) electrons. The number of ether oxygens (including phenoxy) is 4. The maximum Gasteiger partial charge on any atom is 0.261 e. The van der Waals surface area contributed by atoms with Gasteiger partial charge in [-0.1, -0.05) is 97.1 Å². The van der Waals surface area contributed by atoms with Gasteiger partial charge in [-0.15, -0.1) is 0 Å². The Morgan fingerprint density at radius 3 is 1.39 bits per heavy atom. The van der Waals surface area contributed by atoms with E-state index in [-0.39, 0.29) is 41.9 Å². The highest BCUT2D eigenvalue weighted by molar-refractivity contribution is 8.13. The van der Waals surface area contributed by atoms with E-state index < -0.39 is 68.2 Å². The summed E-state index contributed by atoms with van der Waals surface area (Å²) < 4.78 is 74.3. The molecule has 2 saturated heterocycles. The standard InChI is InChI=1S/C26H30N6O6S.C20H26N6O4.C6H5ClO2S/c1-37-15-19-22(33)23(34)26(38-19)32-16-28-21-24(27-13-12-17-8-4-2-5-9-17)30-20(31-25(21)32)14-29-39(35,36)18-10-6-3-7-11-18;1-29-10-13-16(27)17(28)20(30-13)26-11-23-15-18(24-14(9-21)25-19(15)26)22-8-7-12-5-3-2-4-6-12;7-10(8,9)6-4-2-1-3-5-6/h2-11,16,19,22-23,26,29,33-34H,12-15H2,1H3,(H,27,30,31);2-6,11,13,16-17,20,27-28H,7-10,21H2,1H3,(H,22,24,25);1-5H/t19-,22-,23-,26-;13-,16-,17-,20-;/m11./s1. The van der Waals surface area contributed by atoms with Crippen LogP contribution in [0.2, 0.25) is 0 Å². The van der Waals surface area contributed by atoms with Crippen molar-refractivity contribution in [2.24, 2.45) is 5.73 Å². The van der Waals surface area contributed by atoms with Gasteiger partial charge >= 0.3 is 0 Å². The molecule has 10 rings (SSSR count). The van der Waals surface area contributed by atoms with E-state index in [1.54, 1.807) is 41.0 Å². The molecule has 0 bridgehead atoms. The molecule has 0 amide bonds. The van der Waals surface area contributed by atoms with E-state index in [1.165, 1.54) is 61.3 Å². The van der Waals surface area contributed by atoms with E-state index in [0.717, 1.165) is 18.4 Å². The molecule has 0 unspecified atom stereocenters. The first-order chi connectivity index (χ1) is 38.1. The van der Waals surface area contributed by atoms with Gasteiger partial charge in [0.05, 0.1) is 48.7 Å². The molecule has 0 saturated carbocycles. The number of methoxy groups -OCH3 is 2. The van der Waals surface area contributed by atoms with Crippen LogP contribution in [0.3, 0.4) is 0 Å². The number of aromatic nitrogens is 8. The number of aliphatic hydroxyl groups is 4. The second-order valence-corrected chi connectivity index (χ2v) is 22.4. The Bertz CT molecular complexity index is 3450. The van der Waals surface area contributed by atoms with Crippen molar-refractivity contribution in [3.8, 4) is 0 Å². The Balaban J connectivity index is 0.000000181. The summed E-state index contributed by atoms with van der Waals surface area (Å²) in [5.74, 6) is 1.60. The molecule has 2 aliphatic heterocycles. The van der Waals surface area contributed by atoms with Gasteiger partial charge in [0.2, 0.25) is 10.0 Å². The molecule has 8 atom stereocenters. The number of sulfonamides is 1. The molecule has 4 aromatic heterocycles. The second-order valence-electron chi connectivity index (χ2n) is 18.0. The number of imidazole rings is 2. The molecule has 4 aromatic carbocycles. The van der Waals surface area contributed by atoms with Crippen LogP contribution in [0.15, 0.2) is 144 Å². The fourth-order valence-corrected chi connectivity index (χ4v) is 10.4. The minimum atomic E-state index is -3.80. The molecule has 8 aromatic rings. The molecule has 9 N–H and O–H groups in total. The van der Waals surface area contributed by atoms with Gasteiger partial charge in [-0.3, -0.25) is 9.13 Å². The van der Waals surface area contributed by atoms with Crippen LogP contribution < -0.4 is 21.1 Å². The summed E-state index contributed by atoms with van der Waals surface area (Å²) in [6, 6.07) is 35.9. The lowest BCUT2D eigenvalue weighted by Gasteiger charge is -2.17. The molecular formula is C52H61ClN12O12S2. The molecule has 79 heavy (non-hydrogen) atoms. The summed E-state index contributed by atoms with van der Waals surface area (Å²) in [5, 5.41) is 48.5. The highest BCUT2D eigenvalue weighted by atomic mass is 35.7. The van der Waals surface area contributed by atoms with E-state index >= 15 is 0 Å². The van der Waals surface area contributed by atoms with Gasteiger partial charge in [0.1, 0.15) is 48.3 Å². The summed E-state index contributed by atoms with van der Waals surface area (Å²) in [7, 11) is 0.684. The van der Waals surface area contributed by atoms with Gasteiger partial charge in [-0.05, 0) is 48.2 Å². The lowest BCUT2D eigenvalue weighted by molar-refractivity contribution is -0.0580. The summed E-state index contributed by atoms with van der Waals surface area (Å²) >= 11 is 0. The lowest BCUT2D eigenvalue weighted by atomic mass is 10.1. The van der Waals surface area contributed by atoms with Crippen LogP contribution in [0.5, 0.6) is 0 Å². The van der Waals surface area contributed by atoms with Crippen molar-refractivity contribution in [3.05, 3.63) is 157 Å². The minimum absolute atomic E-state index is 0.0924. The zero-order valence-electron chi connectivity index (χ0n) is 42.9. The first-order valence-corrected chi connectivity index (χ1v) is 28.7. The number of benzene rings is 4. The van der Waals surface area contributed by atoms with E-state index in [0.29, 0.717) is 52.9 Å². The molecule has 0 aliphatic carbocycles. The first-order valence-electron chi connectivity index (χ1n) is 24.9. The van der Waals surface area contributed by atoms with Crippen molar-refractivity contribution >= 4 is 63.7 Å². The Kier molecular flexibility index (Phi) is 20.0. The minimum Gasteiger partial charge on any atom is -0.387 e. The molecule has 6 heterocycles. The van der Waals surface area contributed by atoms with Crippen molar-refractivity contribution in [1.29, 1.82) is 0 Å². The Morgan fingerprint density at radius 2 is 0.987 bits per heavy atom. The average Bonchev–Trinajstić information content (AvgIpc) is 4.44. The summed E-state index contributed by atoms with van der Waals surface area (Å²) in [4.78, 5) is 27.2. The maximum atomic E-state index is 12.8. The van der Waals surface area contributed by atoms with E-state index in [4.69, 9.17) is 35.4 Å². The predicted octanol–water partition coefficient (Wildman–Crippen LogP) is 3.04. The van der Waals surface area contributed by atoms with Crippen LogP contribution in [0.25, 0.3) is 22.3 Å². The predicted molar refractivity (Wildman–Crippen MR) is 291 cm³/mol. The second kappa shape index (κ2) is 27.0. The van der Waals surface area contributed by atoms with Crippen molar-refractivity contribution in [3.63, 3.8) is 0 Å². The highest BCUT2D eigenvalue weighted by Gasteiger charge is 2.45. The Morgan fingerprint density at radius 1 is 0.582 bits per heavy atom. The summed E-state index contributed by atoms with van der Waals surface area (Å²) in [6.45, 7) is 1.41.